The predicted molar refractivity (Wildman–Crippen MR) is 126 cm³/mol. The van der Waals surface area contributed by atoms with Crippen molar-refractivity contribution in [3.8, 4) is 17.2 Å². The largest absolute Gasteiger partial charge is 0.363 e. The average Bonchev–Trinajstić information content (AvgIpc) is 3.28. The minimum Gasteiger partial charge on any atom is -0.363 e. The summed E-state index contributed by atoms with van der Waals surface area (Å²) in [6, 6.07) is 23.0. The van der Waals surface area contributed by atoms with E-state index in [1.165, 1.54) is 11.1 Å². The summed E-state index contributed by atoms with van der Waals surface area (Å²) >= 11 is 1.58. The van der Waals surface area contributed by atoms with Gasteiger partial charge in [-0.15, -0.1) is 11.3 Å². The molecule has 4 heteroatoms. The molecule has 3 nitrogen and oxygen atoms in total. The molecule has 1 unspecified atom stereocenters. The van der Waals surface area contributed by atoms with Crippen LogP contribution in [0, 0.1) is 32.1 Å². The Hall–Kier alpha value is -3.26. The first-order chi connectivity index (χ1) is 15.0. The zero-order valence-electron chi connectivity index (χ0n) is 17.9. The Balaban J connectivity index is 1.73. The van der Waals surface area contributed by atoms with Crippen LogP contribution in [0.5, 0.6) is 0 Å². The summed E-state index contributed by atoms with van der Waals surface area (Å²) in [7, 11) is 0. The van der Waals surface area contributed by atoms with Crippen molar-refractivity contribution < 1.29 is 4.74 Å². The van der Waals surface area contributed by atoms with E-state index >= 15 is 0 Å². The molecule has 0 bridgehead atoms. The fourth-order valence-corrected chi connectivity index (χ4v) is 4.64. The summed E-state index contributed by atoms with van der Waals surface area (Å²) in [5.41, 5.74) is 10.3. The molecule has 0 aliphatic heterocycles. The zero-order chi connectivity index (χ0) is 21.8. The SMILES string of the molecule is Cc1cc(C)cc(COC(c2ccc(C#N)c(-c3ccccc3C)c2)c2cncs2)c1. The van der Waals surface area contributed by atoms with Crippen molar-refractivity contribution in [3.05, 3.63) is 111 Å². The van der Waals surface area contributed by atoms with Crippen molar-refractivity contribution in [1.29, 1.82) is 5.26 Å². The molecule has 1 aromatic heterocycles. The van der Waals surface area contributed by atoms with Crippen molar-refractivity contribution in [3.63, 3.8) is 0 Å². The molecule has 1 heterocycles. The van der Waals surface area contributed by atoms with Gasteiger partial charge in [-0.05, 0) is 55.2 Å². The Morgan fingerprint density at radius 3 is 2.42 bits per heavy atom. The second-order valence-electron chi connectivity index (χ2n) is 7.82. The van der Waals surface area contributed by atoms with Crippen LogP contribution >= 0.6 is 11.3 Å². The first-order valence-corrected chi connectivity index (χ1v) is 11.1. The molecule has 3 aromatic carbocycles. The van der Waals surface area contributed by atoms with E-state index in [9.17, 15) is 5.26 Å². The van der Waals surface area contributed by atoms with Gasteiger partial charge in [-0.25, -0.2) is 0 Å². The maximum absolute atomic E-state index is 9.70. The molecule has 0 aliphatic rings. The van der Waals surface area contributed by atoms with E-state index in [1.807, 2.05) is 36.0 Å². The maximum Gasteiger partial charge on any atom is 0.119 e. The molecule has 0 spiro atoms. The molecular weight excluding hydrogens is 400 g/mol. The van der Waals surface area contributed by atoms with Crippen molar-refractivity contribution in [2.24, 2.45) is 0 Å². The van der Waals surface area contributed by atoms with Gasteiger partial charge in [-0.3, -0.25) is 4.98 Å². The number of rotatable bonds is 6. The molecule has 4 aromatic rings. The van der Waals surface area contributed by atoms with Gasteiger partial charge in [0, 0.05) is 11.8 Å². The molecule has 0 fully saturated rings. The first kappa shape index (κ1) is 21.0. The van der Waals surface area contributed by atoms with Gasteiger partial charge >= 0.3 is 0 Å². The molecule has 31 heavy (non-hydrogen) atoms. The van der Waals surface area contributed by atoms with Crippen LogP contribution in [0.15, 0.2) is 72.4 Å². The van der Waals surface area contributed by atoms with Gasteiger partial charge in [0.1, 0.15) is 6.10 Å². The molecule has 4 rings (SSSR count). The highest BCUT2D eigenvalue weighted by Gasteiger charge is 2.19. The zero-order valence-corrected chi connectivity index (χ0v) is 18.7. The topological polar surface area (TPSA) is 45.9 Å². The maximum atomic E-state index is 9.70. The van der Waals surface area contributed by atoms with Crippen LogP contribution < -0.4 is 0 Å². The van der Waals surface area contributed by atoms with E-state index < -0.39 is 0 Å². The molecule has 0 radical (unpaired) electrons. The Bertz CT molecular complexity index is 1220. The number of nitriles is 1. The number of hydrogen-bond donors (Lipinski definition) is 0. The highest BCUT2D eigenvalue weighted by Crippen LogP contribution is 2.35. The molecule has 154 valence electrons. The third-order valence-electron chi connectivity index (χ3n) is 5.31. The van der Waals surface area contributed by atoms with Crippen LogP contribution in [0.25, 0.3) is 11.1 Å². The second-order valence-corrected chi connectivity index (χ2v) is 8.74. The van der Waals surface area contributed by atoms with Crippen LogP contribution in [-0.4, -0.2) is 4.98 Å². The third kappa shape index (κ3) is 4.74. The van der Waals surface area contributed by atoms with Gasteiger partial charge in [-0.2, -0.15) is 5.26 Å². The normalized spacial score (nSPS) is 11.8. The standard InChI is InChI=1S/C27H24N2OS/c1-18-10-19(2)12-21(11-18)16-30-27(26-15-29-17-31-26)22-8-9-23(14-28)25(13-22)24-7-5-4-6-20(24)3/h4-13,15,17,27H,16H2,1-3H3. The summed E-state index contributed by atoms with van der Waals surface area (Å²) in [6.07, 6.45) is 1.62. The summed E-state index contributed by atoms with van der Waals surface area (Å²) < 4.78 is 6.45. The summed E-state index contributed by atoms with van der Waals surface area (Å²) in [5, 5.41) is 9.70. The summed E-state index contributed by atoms with van der Waals surface area (Å²) in [5.74, 6) is 0. The van der Waals surface area contributed by atoms with E-state index in [1.54, 1.807) is 11.3 Å². The van der Waals surface area contributed by atoms with Gasteiger partial charge in [0.15, 0.2) is 0 Å². The molecule has 0 N–H and O–H groups in total. The fourth-order valence-electron chi connectivity index (χ4n) is 3.95. The molecule has 0 amide bonds. The lowest BCUT2D eigenvalue weighted by molar-refractivity contribution is 0.0688. The highest BCUT2D eigenvalue weighted by atomic mass is 32.1. The van der Waals surface area contributed by atoms with Crippen LogP contribution in [0.3, 0.4) is 0 Å². The number of nitrogens with zero attached hydrogens (tertiary/aromatic N) is 2. The van der Waals surface area contributed by atoms with Crippen LogP contribution in [-0.2, 0) is 11.3 Å². The van der Waals surface area contributed by atoms with Crippen LogP contribution in [0.1, 0.15) is 44.4 Å². The fraction of sp³-hybridized carbons (Fsp3) is 0.185. The number of benzene rings is 3. The first-order valence-electron chi connectivity index (χ1n) is 10.2. The summed E-state index contributed by atoms with van der Waals surface area (Å²) in [6.45, 7) is 6.78. The minimum absolute atomic E-state index is 0.246. The third-order valence-corrected chi connectivity index (χ3v) is 6.13. The minimum atomic E-state index is -0.246. The lowest BCUT2D eigenvalue weighted by atomic mass is 9.93. The number of ether oxygens (including phenoxy) is 1. The number of hydrogen-bond acceptors (Lipinski definition) is 4. The van der Waals surface area contributed by atoms with E-state index in [-0.39, 0.29) is 6.10 Å². The Labute approximate surface area is 187 Å². The van der Waals surface area contributed by atoms with E-state index in [0.717, 1.165) is 32.7 Å². The van der Waals surface area contributed by atoms with Crippen molar-refractivity contribution >= 4 is 11.3 Å². The Morgan fingerprint density at radius 1 is 0.968 bits per heavy atom. The lowest BCUT2D eigenvalue weighted by Gasteiger charge is -2.19. The number of aryl methyl sites for hydroxylation is 3. The van der Waals surface area contributed by atoms with E-state index in [4.69, 9.17) is 4.74 Å². The number of aromatic nitrogens is 1. The molecule has 0 saturated heterocycles. The molecular formula is C27H24N2OS. The second kappa shape index (κ2) is 9.26. The van der Waals surface area contributed by atoms with Gasteiger partial charge in [0.2, 0.25) is 0 Å². The monoisotopic (exact) mass is 424 g/mol. The van der Waals surface area contributed by atoms with E-state index in [0.29, 0.717) is 12.2 Å². The lowest BCUT2D eigenvalue weighted by Crippen LogP contribution is -2.06. The number of thiazole rings is 1. The van der Waals surface area contributed by atoms with Gasteiger partial charge in [0.25, 0.3) is 0 Å². The van der Waals surface area contributed by atoms with Gasteiger partial charge in [0.05, 0.1) is 28.6 Å². The molecule has 1 atom stereocenters. The van der Waals surface area contributed by atoms with E-state index in [2.05, 4.69) is 68.2 Å². The summed E-state index contributed by atoms with van der Waals surface area (Å²) in [4.78, 5) is 5.31. The van der Waals surface area contributed by atoms with Crippen molar-refractivity contribution in [2.75, 3.05) is 0 Å². The quantitative estimate of drug-likeness (QED) is 0.338. The van der Waals surface area contributed by atoms with Gasteiger partial charge in [-0.1, -0.05) is 59.7 Å². The molecule has 0 aliphatic carbocycles. The highest BCUT2D eigenvalue weighted by molar-refractivity contribution is 7.09. The van der Waals surface area contributed by atoms with Crippen LogP contribution in [0.4, 0.5) is 0 Å². The predicted octanol–water partition coefficient (Wildman–Crippen LogP) is 6.91. The van der Waals surface area contributed by atoms with Crippen molar-refractivity contribution in [1.82, 2.24) is 4.98 Å². The Kier molecular flexibility index (Phi) is 6.27. The smallest absolute Gasteiger partial charge is 0.119 e. The van der Waals surface area contributed by atoms with Gasteiger partial charge < -0.3 is 4.74 Å². The Morgan fingerprint density at radius 2 is 1.74 bits per heavy atom. The van der Waals surface area contributed by atoms with Crippen LogP contribution in [0.2, 0.25) is 0 Å². The van der Waals surface area contributed by atoms with Crippen molar-refractivity contribution in [2.45, 2.75) is 33.5 Å². The average molecular weight is 425 g/mol. The molecule has 0 saturated carbocycles.